The second-order valence-corrected chi connectivity index (χ2v) is 5.39. The van der Waals surface area contributed by atoms with Crippen LogP contribution in [0.1, 0.15) is 31.2 Å². The second-order valence-electron chi connectivity index (χ2n) is 5.39. The van der Waals surface area contributed by atoms with Crippen LogP contribution in [0.2, 0.25) is 0 Å². The van der Waals surface area contributed by atoms with Gasteiger partial charge >= 0.3 is 5.97 Å². The van der Waals surface area contributed by atoms with E-state index in [1.54, 1.807) is 19.1 Å². The monoisotopic (exact) mass is 315 g/mol. The van der Waals surface area contributed by atoms with E-state index in [0.29, 0.717) is 19.4 Å². The Morgan fingerprint density at radius 1 is 1.22 bits per heavy atom. The van der Waals surface area contributed by atoms with E-state index in [9.17, 15) is 9.59 Å². The van der Waals surface area contributed by atoms with Crippen LogP contribution in [0.3, 0.4) is 0 Å². The predicted octanol–water partition coefficient (Wildman–Crippen LogP) is 3.22. The van der Waals surface area contributed by atoms with Crippen molar-refractivity contribution in [2.24, 2.45) is 5.92 Å². The van der Waals surface area contributed by atoms with E-state index in [-0.39, 0.29) is 24.4 Å². The minimum atomic E-state index is -0.513. The SMILES string of the molecule is C=CCCNC(=O)[C@@H](COC(=O)C(C)CC=C)c1ccccc1. The van der Waals surface area contributed by atoms with Crippen LogP contribution in [0.15, 0.2) is 55.6 Å². The smallest absolute Gasteiger partial charge is 0.308 e. The number of rotatable bonds is 10. The number of nitrogens with one attached hydrogen (secondary N) is 1. The van der Waals surface area contributed by atoms with Crippen LogP contribution in [0.25, 0.3) is 0 Å². The van der Waals surface area contributed by atoms with Crippen molar-refractivity contribution in [3.63, 3.8) is 0 Å². The molecular weight excluding hydrogens is 290 g/mol. The number of amides is 1. The minimum absolute atomic E-state index is 0.0320. The number of carbonyl (C=O) groups is 2. The Balaban J connectivity index is 2.72. The molecule has 0 aliphatic rings. The molecule has 0 saturated carbocycles. The molecular formula is C19H25NO3. The number of allylic oxidation sites excluding steroid dienone is 1. The maximum atomic E-state index is 12.4. The molecule has 1 rings (SSSR count). The van der Waals surface area contributed by atoms with Crippen molar-refractivity contribution in [2.45, 2.75) is 25.7 Å². The lowest BCUT2D eigenvalue weighted by molar-refractivity contribution is -0.149. The van der Waals surface area contributed by atoms with Crippen LogP contribution in [-0.2, 0) is 14.3 Å². The Hall–Kier alpha value is -2.36. The zero-order valence-electron chi connectivity index (χ0n) is 13.7. The van der Waals surface area contributed by atoms with Crippen molar-refractivity contribution in [3.05, 3.63) is 61.2 Å². The number of esters is 1. The summed E-state index contributed by atoms with van der Waals surface area (Å²) in [6.45, 7) is 9.58. The third-order valence-corrected chi connectivity index (χ3v) is 3.48. The molecule has 1 N–H and O–H groups in total. The molecule has 0 saturated heterocycles. The molecule has 1 unspecified atom stereocenters. The fraction of sp³-hybridized carbons (Fsp3) is 0.368. The predicted molar refractivity (Wildman–Crippen MR) is 91.9 cm³/mol. The first-order valence-corrected chi connectivity index (χ1v) is 7.81. The van der Waals surface area contributed by atoms with Gasteiger partial charge < -0.3 is 10.1 Å². The molecule has 1 amide bonds. The number of hydrogen-bond acceptors (Lipinski definition) is 3. The van der Waals surface area contributed by atoms with E-state index < -0.39 is 5.92 Å². The molecule has 124 valence electrons. The van der Waals surface area contributed by atoms with Gasteiger partial charge in [-0.2, -0.15) is 0 Å². The average Bonchev–Trinajstić information content (AvgIpc) is 2.56. The fourth-order valence-electron chi connectivity index (χ4n) is 2.08. The van der Waals surface area contributed by atoms with Crippen molar-refractivity contribution in [1.82, 2.24) is 5.32 Å². The average molecular weight is 315 g/mol. The Kier molecular flexibility index (Phi) is 8.43. The molecule has 0 aliphatic heterocycles. The Bertz CT molecular complexity index is 525. The standard InChI is InChI=1S/C19H25NO3/c1-4-6-13-20-18(21)17(16-11-8-7-9-12-16)14-23-19(22)15(3)10-5-2/h4-5,7-9,11-12,15,17H,1-2,6,10,13-14H2,3H3,(H,20,21)/t15?,17-/m0/s1. The van der Waals surface area contributed by atoms with Crippen LogP contribution in [0.5, 0.6) is 0 Å². The van der Waals surface area contributed by atoms with Gasteiger partial charge in [-0.15, -0.1) is 13.2 Å². The van der Waals surface area contributed by atoms with Crippen LogP contribution < -0.4 is 5.32 Å². The minimum Gasteiger partial charge on any atom is -0.464 e. The Morgan fingerprint density at radius 2 is 1.91 bits per heavy atom. The van der Waals surface area contributed by atoms with Gasteiger partial charge in [-0.3, -0.25) is 9.59 Å². The molecule has 0 heterocycles. The first kappa shape index (κ1) is 18.7. The molecule has 0 fully saturated rings. The molecule has 0 bridgehead atoms. The number of hydrogen-bond donors (Lipinski definition) is 1. The number of carbonyl (C=O) groups excluding carboxylic acids is 2. The van der Waals surface area contributed by atoms with Crippen molar-refractivity contribution >= 4 is 11.9 Å². The summed E-state index contributed by atoms with van der Waals surface area (Å²) >= 11 is 0. The van der Waals surface area contributed by atoms with Gasteiger partial charge in [0.1, 0.15) is 6.61 Å². The Morgan fingerprint density at radius 3 is 2.52 bits per heavy atom. The Labute approximate surface area is 138 Å². The van der Waals surface area contributed by atoms with Crippen LogP contribution in [-0.4, -0.2) is 25.0 Å². The van der Waals surface area contributed by atoms with Gasteiger partial charge in [0.25, 0.3) is 0 Å². The normalized spacial score (nSPS) is 12.7. The van der Waals surface area contributed by atoms with Crippen LogP contribution in [0, 0.1) is 5.92 Å². The van der Waals surface area contributed by atoms with E-state index in [2.05, 4.69) is 18.5 Å². The summed E-state index contributed by atoms with van der Waals surface area (Å²) in [7, 11) is 0. The first-order valence-electron chi connectivity index (χ1n) is 7.81. The van der Waals surface area contributed by atoms with Gasteiger partial charge in [0.15, 0.2) is 0 Å². The summed E-state index contributed by atoms with van der Waals surface area (Å²) < 4.78 is 5.33. The third kappa shape index (κ3) is 6.51. The number of benzene rings is 1. The molecule has 2 atom stereocenters. The van der Waals surface area contributed by atoms with E-state index in [0.717, 1.165) is 5.56 Å². The molecule has 0 spiro atoms. The lowest BCUT2D eigenvalue weighted by Crippen LogP contribution is -2.33. The summed E-state index contributed by atoms with van der Waals surface area (Å²) in [6.07, 6.45) is 4.68. The fourth-order valence-corrected chi connectivity index (χ4v) is 2.08. The maximum absolute atomic E-state index is 12.4. The van der Waals surface area contributed by atoms with Crippen LogP contribution in [0.4, 0.5) is 0 Å². The van der Waals surface area contributed by atoms with Gasteiger partial charge in [-0.05, 0) is 18.4 Å². The highest BCUT2D eigenvalue weighted by Gasteiger charge is 2.23. The zero-order valence-corrected chi connectivity index (χ0v) is 13.7. The summed E-state index contributed by atoms with van der Waals surface area (Å²) in [4.78, 5) is 24.3. The molecule has 1 aromatic carbocycles. The van der Waals surface area contributed by atoms with E-state index in [4.69, 9.17) is 4.74 Å². The van der Waals surface area contributed by atoms with Gasteiger partial charge in [0.05, 0.1) is 11.8 Å². The molecule has 0 aliphatic carbocycles. The number of ether oxygens (including phenoxy) is 1. The highest BCUT2D eigenvalue weighted by atomic mass is 16.5. The third-order valence-electron chi connectivity index (χ3n) is 3.48. The van der Waals surface area contributed by atoms with E-state index in [1.165, 1.54) is 0 Å². The zero-order chi connectivity index (χ0) is 17.1. The van der Waals surface area contributed by atoms with Crippen LogP contribution >= 0.6 is 0 Å². The van der Waals surface area contributed by atoms with Gasteiger partial charge in [0, 0.05) is 6.54 Å². The summed E-state index contributed by atoms with van der Waals surface area (Å²) in [5.74, 6) is -1.24. The summed E-state index contributed by atoms with van der Waals surface area (Å²) in [5, 5.41) is 2.84. The lowest BCUT2D eigenvalue weighted by atomic mass is 9.99. The van der Waals surface area contributed by atoms with Crippen molar-refractivity contribution in [1.29, 1.82) is 0 Å². The topological polar surface area (TPSA) is 55.4 Å². The molecule has 0 radical (unpaired) electrons. The van der Waals surface area contributed by atoms with Crippen molar-refractivity contribution < 1.29 is 14.3 Å². The van der Waals surface area contributed by atoms with Crippen molar-refractivity contribution in [2.75, 3.05) is 13.2 Å². The lowest BCUT2D eigenvalue weighted by Gasteiger charge is -2.18. The van der Waals surface area contributed by atoms with Crippen molar-refractivity contribution in [3.8, 4) is 0 Å². The van der Waals surface area contributed by atoms with Gasteiger partial charge in [0.2, 0.25) is 5.91 Å². The van der Waals surface area contributed by atoms with Gasteiger partial charge in [-0.1, -0.05) is 49.4 Å². The highest BCUT2D eigenvalue weighted by molar-refractivity contribution is 5.84. The maximum Gasteiger partial charge on any atom is 0.308 e. The first-order chi connectivity index (χ1) is 11.1. The molecule has 1 aromatic rings. The molecule has 4 heteroatoms. The highest BCUT2D eigenvalue weighted by Crippen LogP contribution is 2.17. The molecule has 4 nitrogen and oxygen atoms in total. The molecule has 23 heavy (non-hydrogen) atoms. The quantitative estimate of drug-likeness (QED) is 0.410. The van der Waals surface area contributed by atoms with E-state index in [1.807, 2.05) is 30.3 Å². The summed E-state index contributed by atoms with van der Waals surface area (Å²) in [5.41, 5.74) is 0.827. The molecule has 0 aromatic heterocycles. The van der Waals surface area contributed by atoms with Gasteiger partial charge in [-0.25, -0.2) is 0 Å². The second kappa shape index (κ2) is 10.4. The van der Waals surface area contributed by atoms with E-state index >= 15 is 0 Å². The summed E-state index contributed by atoms with van der Waals surface area (Å²) in [6, 6.07) is 9.33. The largest absolute Gasteiger partial charge is 0.464 e.